The van der Waals surface area contributed by atoms with Gasteiger partial charge in [0.15, 0.2) is 0 Å². The summed E-state index contributed by atoms with van der Waals surface area (Å²) in [7, 11) is 0. The maximum absolute atomic E-state index is 11.3. The molecule has 0 aromatic carbocycles. The third-order valence-electron chi connectivity index (χ3n) is 5.76. The number of carbonyl (C=O) groups is 2. The van der Waals surface area contributed by atoms with Crippen molar-refractivity contribution in [1.82, 2.24) is 0 Å². The van der Waals surface area contributed by atoms with E-state index < -0.39 is 12.1 Å². The zero-order valence-electron chi connectivity index (χ0n) is 23.4. The van der Waals surface area contributed by atoms with Crippen molar-refractivity contribution in [3.63, 3.8) is 0 Å². The molecule has 0 saturated heterocycles. The number of rotatable bonds is 22. The molecule has 1 atom stereocenters. The highest BCUT2D eigenvalue weighted by molar-refractivity contribution is 5.73. The van der Waals surface area contributed by atoms with Crippen LogP contribution < -0.4 is 0 Å². The number of carbonyl (C=O) groups excluding carboxylic acids is 2. The molecule has 204 valence electrons. The monoisotopic (exact) mass is 486 g/mol. The number of unbranched alkanes of at least 4 members (excludes halogenated alkanes) is 13. The molecule has 1 unspecified atom stereocenters. The molecule has 0 fully saturated rings. The molecule has 0 rings (SSSR count). The number of ether oxygens (including phenoxy) is 2. The summed E-state index contributed by atoms with van der Waals surface area (Å²) in [5.41, 5.74) is 0. The number of aliphatic hydroxyl groups excluding tert-OH is 1. The highest BCUT2D eigenvalue weighted by Crippen LogP contribution is 2.11. The molecule has 0 aliphatic carbocycles. The standard InChI is InChI=1S/C15H30O3.C14H28O2/c1-3-4-5-6-7-8-9-10-11-12-13-18-15(17)14(2)16;1-4-5-9-12-16-14(15)11-8-6-7-10-13(2)3/h14,16H,3-13H2,1-2H3;13H,4-12H2,1-3H3. The van der Waals surface area contributed by atoms with Gasteiger partial charge in [0.05, 0.1) is 13.2 Å². The van der Waals surface area contributed by atoms with Crippen molar-refractivity contribution in [3.8, 4) is 0 Å². The van der Waals surface area contributed by atoms with Gasteiger partial charge in [-0.3, -0.25) is 4.79 Å². The van der Waals surface area contributed by atoms with Crippen molar-refractivity contribution < 1.29 is 24.2 Å². The minimum absolute atomic E-state index is 0.0133. The Kier molecular flexibility index (Phi) is 29.0. The van der Waals surface area contributed by atoms with Crippen LogP contribution in [0.1, 0.15) is 150 Å². The van der Waals surface area contributed by atoms with Crippen LogP contribution in [-0.2, 0) is 19.1 Å². The van der Waals surface area contributed by atoms with Gasteiger partial charge in [-0.05, 0) is 32.1 Å². The molecule has 0 amide bonds. The van der Waals surface area contributed by atoms with Gasteiger partial charge in [0.1, 0.15) is 6.10 Å². The van der Waals surface area contributed by atoms with E-state index in [2.05, 4.69) is 27.7 Å². The quantitative estimate of drug-likeness (QED) is 0.123. The van der Waals surface area contributed by atoms with E-state index in [1.165, 1.54) is 77.6 Å². The molecule has 34 heavy (non-hydrogen) atoms. The van der Waals surface area contributed by atoms with E-state index >= 15 is 0 Å². The van der Waals surface area contributed by atoms with Crippen LogP contribution in [-0.4, -0.2) is 36.4 Å². The summed E-state index contributed by atoms with van der Waals surface area (Å²) in [6.45, 7) is 11.4. The molecular weight excluding hydrogens is 428 g/mol. The largest absolute Gasteiger partial charge is 0.466 e. The average molecular weight is 487 g/mol. The lowest BCUT2D eigenvalue weighted by atomic mass is 10.0. The van der Waals surface area contributed by atoms with E-state index in [9.17, 15) is 9.59 Å². The molecule has 5 nitrogen and oxygen atoms in total. The van der Waals surface area contributed by atoms with Crippen LogP contribution in [0, 0.1) is 5.92 Å². The second-order valence-corrected chi connectivity index (χ2v) is 9.95. The molecule has 1 N–H and O–H groups in total. The van der Waals surface area contributed by atoms with Crippen LogP contribution in [0.15, 0.2) is 0 Å². The van der Waals surface area contributed by atoms with Crippen molar-refractivity contribution in [3.05, 3.63) is 0 Å². The summed E-state index contributed by atoms with van der Waals surface area (Å²) in [5, 5.41) is 8.91. The average Bonchev–Trinajstić information content (AvgIpc) is 2.80. The lowest BCUT2D eigenvalue weighted by molar-refractivity contribution is -0.152. The minimum atomic E-state index is -0.992. The highest BCUT2D eigenvalue weighted by atomic mass is 16.5. The Hall–Kier alpha value is -1.10. The summed E-state index contributed by atoms with van der Waals surface area (Å²) in [6, 6.07) is 0. The van der Waals surface area contributed by atoms with Gasteiger partial charge >= 0.3 is 11.9 Å². The number of hydrogen-bond acceptors (Lipinski definition) is 5. The zero-order valence-corrected chi connectivity index (χ0v) is 23.4. The van der Waals surface area contributed by atoms with E-state index in [1.54, 1.807) is 0 Å². The lowest BCUT2D eigenvalue weighted by Crippen LogP contribution is -2.19. The van der Waals surface area contributed by atoms with E-state index in [-0.39, 0.29) is 5.97 Å². The van der Waals surface area contributed by atoms with Crippen molar-refractivity contribution in [2.75, 3.05) is 13.2 Å². The third kappa shape index (κ3) is 30.9. The van der Waals surface area contributed by atoms with Gasteiger partial charge in [-0.2, -0.15) is 0 Å². The van der Waals surface area contributed by atoms with Crippen molar-refractivity contribution >= 4 is 11.9 Å². The maximum Gasteiger partial charge on any atom is 0.334 e. The van der Waals surface area contributed by atoms with Crippen LogP contribution in [0.4, 0.5) is 0 Å². The molecule has 0 aromatic rings. The molecule has 0 aromatic heterocycles. The van der Waals surface area contributed by atoms with Crippen LogP contribution in [0.2, 0.25) is 0 Å². The molecule has 0 heterocycles. The van der Waals surface area contributed by atoms with Crippen molar-refractivity contribution in [2.24, 2.45) is 5.92 Å². The first-order valence-electron chi connectivity index (χ1n) is 14.3. The Morgan fingerprint density at radius 1 is 0.618 bits per heavy atom. The van der Waals surface area contributed by atoms with Gasteiger partial charge in [-0.15, -0.1) is 0 Å². The minimum Gasteiger partial charge on any atom is -0.466 e. The Morgan fingerprint density at radius 3 is 1.59 bits per heavy atom. The van der Waals surface area contributed by atoms with E-state index in [0.29, 0.717) is 19.6 Å². The fourth-order valence-corrected chi connectivity index (χ4v) is 3.49. The third-order valence-corrected chi connectivity index (χ3v) is 5.76. The fourth-order valence-electron chi connectivity index (χ4n) is 3.49. The molecule has 0 radical (unpaired) electrons. The molecule has 5 heteroatoms. The number of aliphatic hydroxyl groups is 1. The fraction of sp³-hybridized carbons (Fsp3) is 0.931. The van der Waals surface area contributed by atoms with E-state index in [1.807, 2.05) is 0 Å². The summed E-state index contributed by atoms with van der Waals surface area (Å²) < 4.78 is 10.0. The molecular formula is C29H58O5. The first kappa shape index (κ1) is 35.1. The normalized spacial score (nSPS) is 11.6. The van der Waals surface area contributed by atoms with Gasteiger partial charge < -0.3 is 14.6 Å². The number of esters is 2. The first-order valence-corrected chi connectivity index (χ1v) is 14.3. The SMILES string of the molecule is CCCCCCCCCCCCOC(=O)C(C)O.CCCCCOC(=O)CCCCCC(C)C. The Balaban J connectivity index is 0. The summed E-state index contributed by atoms with van der Waals surface area (Å²) in [5.74, 6) is 0.257. The molecule has 0 spiro atoms. The van der Waals surface area contributed by atoms with Crippen LogP contribution in [0.5, 0.6) is 0 Å². The predicted octanol–water partition coefficient (Wildman–Crippen LogP) is 8.16. The number of hydrogen-bond donors (Lipinski definition) is 1. The van der Waals surface area contributed by atoms with E-state index in [4.69, 9.17) is 14.6 Å². The summed E-state index contributed by atoms with van der Waals surface area (Å²) >= 11 is 0. The maximum atomic E-state index is 11.3. The molecule has 0 aliphatic heterocycles. The predicted molar refractivity (Wildman–Crippen MR) is 143 cm³/mol. The highest BCUT2D eigenvalue weighted by Gasteiger charge is 2.08. The van der Waals surface area contributed by atoms with Gasteiger partial charge in [0.2, 0.25) is 0 Å². The smallest absolute Gasteiger partial charge is 0.334 e. The molecule has 0 saturated carbocycles. The summed E-state index contributed by atoms with van der Waals surface area (Å²) in [6.07, 6.45) is 20.3. The Labute approximate surface area is 211 Å². The van der Waals surface area contributed by atoms with Crippen molar-refractivity contribution in [1.29, 1.82) is 0 Å². The zero-order chi connectivity index (χ0) is 25.9. The van der Waals surface area contributed by atoms with Crippen molar-refractivity contribution in [2.45, 2.75) is 156 Å². The van der Waals surface area contributed by atoms with Gasteiger partial charge in [-0.1, -0.05) is 118 Å². The van der Waals surface area contributed by atoms with Crippen LogP contribution in [0.3, 0.4) is 0 Å². The molecule has 0 bridgehead atoms. The Bertz CT molecular complexity index is 434. The molecule has 0 aliphatic rings. The second kappa shape index (κ2) is 28.1. The van der Waals surface area contributed by atoms with E-state index in [0.717, 1.165) is 44.4 Å². The lowest BCUT2D eigenvalue weighted by Gasteiger charge is -2.06. The second-order valence-electron chi connectivity index (χ2n) is 9.95. The van der Waals surface area contributed by atoms with Gasteiger partial charge in [-0.25, -0.2) is 4.79 Å². The Morgan fingerprint density at radius 2 is 1.06 bits per heavy atom. The van der Waals surface area contributed by atoms with Gasteiger partial charge in [0, 0.05) is 6.42 Å². The van der Waals surface area contributed by atoms with Gasteiger partial charge in [0.25, 0.3) is 0 Å². The topological polar surface area (TPSA) is 72.8 Å². The first-order chi connectivity index (χ1) is 16.3. The summed E-state index contributed by atoms with van der Waals surface area (Å²) in [4.78, 5) is 22.2. The van der Waals surface area contributed by atoms with Crippen LogP contribution >= 0.6 is 0 Å². The van der Waals surface area contributed by atoms with Crippen LogP contribution in [0.25, 0.3) is 0 Å².